The summed E-state index contributed by atoms with van der Waals surface area (Å²) in [5.74, 6) is 0. The maximum Gasteiger partial charge on any atom is 0.335 e. The molecular weight excluding hydrogens is 450 g/mol. The van der Waals surface area contributed by atoms with Crippen LogP contribution < -0.4 is 16.6 Å². The average Bonchev–Trinajstić information content (AvgIpc) is 3.40. The van der Waals surface area contributed by atoms with Gasteiger partial charge in [0.15, 0.2) is 6.23 Å². The number of benzene rings is 2. The van der Waals surface area contributed by atoms with Crippen molar-refractivity contribution in [2.45, 2.75) is 50.8 Å². The molecule has 5 rings (SSSR count). The first-order valence-corrected chi connectivity index (χ1v) is 11.6. The number of hydrogen-bond donors (Lipinski definition) is 2. The van der Waals surface area contributed by atoms with Crippen molar-refractivity contribution in [2.75, 3.05) is 13.2 Å². The molecule has 35 heavy (non-hydrogen) atoms. The van der Waals surface area contributed by atoms with Crippen molar-refractivity contribution in [3.05, 3.63) is 104 Å². The van der Waals surface area contributed by atoms with Gasteiger partial charge in [-0.1, -0.05) is 60.7 Å². The van der Waals surface area contributed by atoms with Crippen LogP contribution in [0.4, 0.5) is 0 Å². The molecular formula is C26H29N3O6. The van der Waals surface area contributed by atoms with Crippen molar-refractivity contribution in [3.63, 3.8) is 0 Å². The highest BCUT2D eigenvalue weighted by atomic mass is 16.6. The Morgan fingerprint density at radius 2 is 1.71 bits per heavy atom. The number of aryl methyl sites for hydroxylation is 1. The lowest BCUT2D eigenvalue weighted by Gasteiger charge is -2.31. The molecule has 2 N–H and O–H groups in total. The monoisotopic (exact) mass is 479 g/mol. The van der Waals surface area contributed by atoms with Gasteiger partial charge < -0.3 is 24.6 Å². The lowest BCUT2D eigenvalue weighted by Crippen LogP contribution is -2.50. The van der Waals surface area contributed by atoms with E-state index in [-0.39, 0.29) is 26.0 Å². The Balaban J connectivity index is 1.38. The van der Waals surface area contributed by atoms with Gasteiger partial charge in [0.1, 0.15) is 18.4 Å². The summed E-state index contributed by atoms with van der Waals surface area (Å²) >= 11 is 0. The summed E-state index contributed by atoms with van der Waals surface area (Å²) < 4.78 is 20.6. The van der Waals surface area contributed by atoms with Crippen LogP contribution >= 0.6 is 0 Å². The van der Waals surface area contributed by atoms with E-state index in [0.29, 0.717) is 18.7 Å². The number of fused-ring (bicyclic) bond motifs is 2. The molecule has 0 radical (unpaired) electrons. The number of ether oxygens (including phenoxy) is 3. The maximum absolute atomic E-state index is 13.4. The van der Waals surface area contributed by atoms with E-state index in [0.717, 1.165) is 15.7 Å². The summed E-state index contributed by atoms with van der Waals surface area (Å²) in [5, 5.41) is 13.6. The second-order valence-corrected chi connectivity index (χ2v) is 9.05. The summed E-state index contributed by atoms with van der Waals surface area (Å²) in [6, 6.07) is 18.9. The Morgan fingerprint density at radius 1 is 1.06 bits per heavy atom. The van der Waals surface area contributed by atoms with Gasteiger partial charge in [-0.2, -0.15) is 0 Å². The van der Waals surface area contributed by atoms with Crippen molar-refractivity contribution in [1.82, 2.24) is 14.5 Å². The number of hydrogen-bond acceptors (Lipinski definition) is 7. The van der Waals surface area contributed by atoms with Crippen molar-refractivity contribution < 1.29 is 19.3 Å². The fourth-order valence-corrected chi connectivity index (χ4v) is 4.81. The van der Waals surface area contributed by atoms with E-state index in [9.17, 15) is 14.7 Å². The molecule has 1 aromatic heterocycles. The molecule has 2 fully saturated rings. The molecule has 9 heteroatoms. The lowest BCUT2D eigenvalue weighted by atomic mass is 10.00. The number of nitrogens with zero attached hydrogens (tertiary/aromatic N) is 2. The Labute approximate surface area is 202 Å². The zero-order valence-corrected chi connectivity index (χ0v) is 19.5. The molecule has 3 aromatic rings. The van der Waals surface area contributed by atoms with Crippen LogP contribution in [-0.4, -0.2) is 45.1 Å². The van der Waals surface area contributed by atoms with Gasteiger partial charge in [-0.25, -0.2) is 9.36 Å². The standard InChI is InChI=1S/C26H29N3O6/c1-18-12-28(25(32)29(23(18)31)17-33-13-19-8-4-2-5-9-19)24-21-22(26(16-30,35-24)15-27-21)34-14-20-10-6-3-7-11-20/h2-12,21-22,24,27,30H,13-17H2,1H3/t21-,22-,24-,26-/m1/s1. The highest BCUT2D eigenvalue weighted by Crippen LogP contribution is 2.43. The molecule has 0 unspecified atom stereocenters. The fraction of sp³-hybridized carbons (Fsp3) is 0.385. The molecule has 2 aromatic carbocycles. The van der Waals surface area contributed by atoms with Crippen LogP contribution in [0, 0.1) is 6.92 Å². The highest BCUT2D eigenvalue weighted by molar-refractivity contribution is 5.17. The van der Waals surface area contributed by atoms with E-state index < -0.39 is 29.2 Å². The van der Waals surface area contributed by atoms with Crippen LogP contribution in [0.2, 0.25) is 0 Å². The summed E-state index contributed by atoms with van der Waals surface area (Å²) in [5.41, 5.74) is 0.395. The minimum absolute atomic E-state index is 0.182. The molecule has 2 saturated heterocycles. The van der Waals surface area contributed by atoms with Gasteiger partial charge >= 0.3 is 5.69 Å². The fourth-order valence-electron chi connectivity index (χ4n) is 4.81. The molecule has 2 bridgehead atoms. The van der Waals surface area contributed by atoms with Gasteiger partial charge in [0, 0.05) is 18.3 Å². The molecule has 0 spiro atoms. The first-order valence-electron chi connectivity index (χ1n) is 11.6. The molecule has 0 aliphatic carbocycles. The number of morpholine rings is 1. The van der Waals surface area contributed by atoms with Crippen molar-refractivity contribution in [3.8, 4) is 0 Å². The van der Waals surface area contributed by atoms with E-state index in [2.05, 4.69) is 5.32 Å². The lowest BCUT2D eigenvalue weighted by molar-refractivity contribution is -0.142. The number of aliphatic hydroxyl groups excluding tert-OH is 1. The molecule has 3 heterocycles. The number of rotatable bonds is 9. The number of aromatic nitrogens is 2. The Hall–Kier alpha value is -3.08. The average molecular weight is 480 g/mol. The van der Waals surface area contributed by atoms with Crippen LogP contribution in [0.3, 0.4) is 0 Å². The third-order valence-electron chi connectivity index (χ3n) is 6.66. The van der Waals surface area contributed by atoms with E-state index >= 15 is 0 Å². The van der Waals surface area contributed by atoms with Crippen LogP contribution in [0.5, 0.6) is 0 Å². The minimum atomic E-state index is -0.984. The minimum Gasteiger partial charge on any atom is -0.393 e. The van der Waals surface area contributed by atoms with Crippen LogP contribution in [0.25, 0.3) is 0 Å². The molecule has 9 nitrogen and oxygen atoms in total. The zero-order chi connectivity index (χ0) is 24.4. The number of aliphatic hydroxyl groups is 1. The van der Waals surface area contributed by atoms with Gasteiger partial charge in [-0.3, -0.25) is 9.36 Å². The molecule has 2 aliphatic rings. The van der Waals surface area contributed by atoms with Crippen LogP contribution in [0.15, 0.2) is 76.4 Å². The van der Waals surface area contributed by atoms with E-state index in [4.69, 9.17) is 14.2 Å². The van der Waals surface area contributed by atoms with Gasteiger partial charge in [0.25, 0.3) is 5.56 Å². The summed E-state index contributed by atoms with van der Waals surface area (Å²) in [6.45, 7) is 2.23. The Kier molecular flexibility index (Phi) is 6.68. The van der Waals surface area contributed by atoms with Crippen molar-refractivity contribution in [1.29, 1.82) is 0 Å². The smallest absolute Gasteiger partial charge is 0.335 e. The zero-order valence-electron chi connectivity index (χ0n) is 19.5. The van der Waals surface area contributed by atoms with Crippen molar-refractivity contribution >= 4 is 0 Å². The summed E-state index contributed by atoms with van der Waals surface area (Å²) in [6.07, 6.45) is 0.286. The quantitative estimate of drug-likeness (QED) is 0.477. The molecule has 4 atom stereocenters. The van der Waals surface area contributed by atoms with E-state index in [1.165, 1.54) is 10.8 Å². The van der Waals surface area contributed by atoms with E-state index in [1.54, 1.807) is 6.92 Å². The third-order valence-corrected chi connectivity index (χ3v) is 6.66. The van der Waals surface area contributed by atoms with Crippen LogP contribution in [0.1, 0.15) is 22.9 Å². The predicted molar refractivity (Wildman–Crippen MR) is 128 cm³/mol. The van der Waals surface area contributed by atoms with E-state index in [1.807, 2.05) is 60.7 Å². The van der Waals surface area contributed by atoms with Crippen molar-refractivity contribution in [2.24, 2.45) is 0 Å². The third kappa shape index (κ3) is 4.49. The first kappa shape index (κ1) is 23.7. The Morgan fingerprint density at radius 3 is 2.37 bits per heavy atom. The second kappa shape index (κ2) is 9.88. The first-order chi connectivity index (χ1) is 17.0. The van der Waals surface area contributed by atoms with Gasteiger partial charge in [0.2, 0.25) is 0 Å². The highest BCUT2D eigenvalue weighted by Gasteiger charge is 2.61. The van der Waals surface area contributed by atoms with Gasteiger partial charge in [0.05, 0.1) is 25.9 Å². The second-order valence-electron chi connectivity index (χ2n) is 9.05. The topological polar surface area (TPSA) is 104 Å². The van der Waals surface area contributed by atoms with Gasteiger partial charge in [-0.15, -0.1) is 0 Å². The summed E-state index contributed by atoms with van der Waals surface area (Å²) in [7, 11) is 0. The maximum atomic E-state index is 13.4. The Bertz CT molecular complexity index is 1280. The molecule has 184 valence electrons. The van der Waals surface area contributed by atoms with Crippen LogP contribution in [-0.2, 0) is 34.2 Å². The SMILES string of the molecule is Cc1cn([C@@H]2O[C@@]3(CO)CN[C@@H]2[C@H]3OCc2ccccc2)c(=O)n(COCc2ccccc2)c1=O. The van der Waals surface area contributed by atoms with Gasteiger partial charge in [-0.05, 0) is 18.1 Å². The molecule has 2 aliphatic heterocycles. The molecule has 0 saturated carbocycles. The molecule has 0 amide bonds. The number of nitrogens with one attached hydrogen (secondary N) is 1. The predicted octanol–water partition coefficient (Wildman–Crippen LogP) is 1.31. The summed E-state index contributed by atoms with van der Waals surface area (Å²) in [4.78, 5) is 26.1. The normalized spacial score (nSPS) is 25.3. The largest absolute Gasteiger partial charge is 0.393 e.